The lowest BCUT2D eigenvalue weighted by atomic mass is 9.76. The van der Waals surface area contributed by atoms with Crippen molar-refractivity contribution in [2.45, 2.75) is 45.6 Å². The molecule has 3 rings (SSSR count). The summed E-state index contributed by atoms with van der Waals surface area (Å²) < 4.78 is 2.22. The van der Waals surface area contributed by atoms with Gasteiger partial charge in [-0.2, -0.15) is 0 Å². The minimum absolute atomic E-state index is 0.0398. The van der Waals surface area contributed by atoms with Gasteiger partial charge in [0.1, 0.15) is 0 Å². The fourth-order valence-electron chi connectivity index (χ4n) is 3.27. The number of aromatic nitrogens is 1. The molecule has 1 atom stereocenters. The van der Waals surface area contributed by atoms with Crippen LogP contribution in [0, 0.1) is 5.41 Å². The number of amides is 1. The first-order valence-corrected chi connectivity index (χ1v) is 6.96. The molecule has 0 radical (unpaired) electrons. The number of piperidine rings is 1. The Morgan fingerprint density at radius 1 is 1.32 bits per heavy atom. The molecule has 1 N–H and O–H groups in total. The Bertz CT molecular complexity index is 532. The van der Waals surface area contributed by atoms with Gasteiger partial charge >= 0.3 is 0 Å². The normalized spacial score (nSPS) is 25.9. The second-order valence-corrected chi connectivity index (χ2v) is 6.52. The number of nitrogens with zero attached hydrogens (tertiary/aromatic N) is 1. The molecular formula is C15H20N2O2. The van der Waals surface area contributed by atoms with Gasteiger partial charge in [0.05, 0.1) is 6.04 Å². The van der Waals surface area contributed by atoms with Crippen LogP contribution in [0.5, 0.6) is 0 Å². The van der Waals surface area contributed by atoms with Gasteiger partial charge in [-0.1, -0.05) is 13.8 Å². The summed E-state index contributed by atoms with van der Waals surface area (Å²) in [5, 5.41) is 2.91. The number of nitrogens with one attached hydrogen (secondary N) is 1. The Morgan fingerprint density at radius 3 is 2.79 bits per heavy atom. The Balaban J connectivity index is 1.93. The largest absolute Gasteiger partial charge is 0.354 e. The molecule has 1 aliphatic heterocycles. The van der Waals surface area contributed by atoms with Crippen LogP contribution < -0.4 is 5.32 Å². The first-order valence-electron chi connectivity index (χ1n) is 6.96. The highest BCUT2D eigenvalue weighted by molar-refractivity contribution is 5.98. The first-order chi connectivity index (χ1) is 8.96. The Hall–Kier alpha value is -1.58. The monoisotopic (exact) mass is 260 g/mol. The summed E-state index contributed by atoms with van der Waals surface area (Å²) in [6.45, 7) is 4.97. The minimum Gasteiger partial charge on any atom is -0.354 e. The minimum atomic E-state index is 0.0398. The van der Waals surface area contributed by atoms with Crippen LogP contribution in [0.2, 0.25) is 0 Å². The van der Waals surface area contributed by atoms with Crippen molar-refractivity contribution in [3.63, 3.8) is 0 Å². The summed E-state index contributed by atoms with van der Waals surface area (Å²) in [5.74, 6) is 0.388. The molecule has 1 aromatic rings. The average Bonchev–Trinajstić information content (AvgIpc) is 2.72. The lowest BCUT2D eigenvalue weighted by Gasteiger charge is -2.32. The van der Waals surface area contributed by atoms with Crippen LogP contribution in [0.4, 0.5) is 0 Å². The summed E-state index contributed by atoms with van der Waals surface area (Å²) >= 11 is 0. The summed E-state index contributed by atoms with van der Waals surface area (Å²) in [6.07, 6.45) is 5.03. The van der Waals surface area contributed by atoms with Crippen molar-refractivity contribution in [1.82, 2.24) is 9.88 Å². The van der Waals surface area contributed by atoms with E-state index in [0.29, 0.717) is 25.4 Å². The Labute approximate surface area is 113 Å². The summed E-state index contributed by atoms with van der Waals surface area (Å²) in [4.78, 5) is 23.4. The number of Topliss-reactive ketones (excluding diaryl/α,β-unsaturated/α-hetero) is 1. The fraction of sp³-hybridized carbons (Fsp3) is 0.600. The highest BCUT2D eigenvalue weighted by atomic mass is 16.1. The Morgan fingerprint density at radius 2 is 2.11 bits per heavy atom. The van der Waals surface area contributed by atoms with E-state index in [1.54, 1.807) is 0 Å². The van der Waals surface area contributed by atoms with E-state index >= 15 is 0 Å². The number of fused-ring (bicyclic) bond motifs is 1. The highest BCUT2D eigenvalue weighted by Crippen LogP contribution is 2.36. The van der Waals surface area contributed by atoms with Crippen molar-refractivity contribution in [1.29, 1.82) is 0 Å². The SMILES string of the molecule is CC1(C)CC(=O)c2ccn(C3CCC(=O)NC3)c2C1. The van der Waals surface area contributed by atoms with Crippen molar-refractivity contribution in [3.05, 3.63) is 23.5 Å². The molecule has 1 saturated heterocycles. The van der Waals surface area contributed by atoms with Gasteiger partial charge in [-0.25, -0.2) is 0 Å². The third kappa shape index (κ3) is 2.20. The zero-order chi connectivity index (χ0) is 13.6. The second kappa shape index (κ2) is 4.22. The summed E-state index contributed by atoms with van der Waals surface area (Å²) in [7, 11) is 0. The van der Waals surface area contributed by atoms with E-state index in [-0.39, 0.29) is 17.1 Å². The number of carbonyl (C=O) groups is 2. The molecule has 1 fully saturated rings. The highest BCUT2D eigenvalue weighted by Gasteiger charge is 2.34. The van der Waals surface area contributed by atoms with Crippen LogP contribution in [0.3, 0.4) is 0 Å². The maximum absolute atomic E-state index is 12.2. The van der Waals surface area contributed by atoms with Gasteiger partial charge in [0.2, 0.25) is 5.91 Å². The van der Waals surface area contributed by atoms with Crippen LogP contribution in [0.15, 0.2) is 12.3 Å². The standard InChI is InChI=1S/C15H20N2O2/c1-15(2)7-12-11(13(18)8-15)5-6-17(12)10-3-4-14(19)16-9-10/h5-6,10H,3-4,7-9H2,1-2H3,(H,16,19). The van der Waals surface area contributed by atoms with Crippen LogP contribution >= 0.6 is 0 Å². The molecule has 0 aromatic carbocycles. The van der Waals surface area contributed by atoms with Gasteiger partial charge in [0.25, 0.3) is 0 Å². The van der Waals surface area contributed by atoms with Gasteiger partial charge in [-0.05, 0) is 24.3 Å². The number of carbonyl (C=O) groups excluding carboxylic acids is 2. The zero-order valence-electron chi connectivity index (χ0n) is 11.5. The molecule has 0 spiro atoms. The lowest BCUT2D eigenvalue weighted by molar-refractivity contribution is -0.122. The van der Waals surface area contributed by atoms with E-state index in [1.807, 2.05) is 12.3 Å². The van der Waals surface area contributed by atoms with Gasteiger partial charge in [0.15, 0.2) is 5.78 Å². The van der Waals surface area contributed by atoms with Crippen LogP contribution in [0.1, 0.15) is 55.2 Å². The molecule has 1 unspecified atom stereocenters. The molecular weight excluding hydrogens is 240 g/mol. The topological polar surface area (TPSA) is 51.1 Å². The molecule has 2 heterocycles. The zero-order valence-corrected chi connectivity index (χ0v) is 11.5. The fourth-order valence-corrected chi connectivity index (χ4v) is 3.27. The molecule has 19 heavy (non-hydrogen) atoms. The molecule has 4 nitrogen and oxygen atoms in total. The van der Waals surface area contributed by atoms with E-state index in [9.17, 15) is 9.59 Å². The molecule has 2 aliphatic rings. The molecule has 0 bridgehead atoms. The van der Waals surface area contributed by atoms with E-state index < -0.39 is 0 Å². The number of ketones is 1. The Kier molecular flexibility index (Phi) is 2.77. The van der Waals surface area contributed by atoms with Crippen LogP contribution in [-0.2, 0) is 11.2 Å². The molecule has 1 aromatic heterocycles. The molecule has 102 valence electrons. The number of hydrogen-bond donors (Lipinski definition) is 1. The molecule has 4 heteroatoms. The van der Waals surface area contributed by atoms with Crippen molar-refractivity contribution < 1.29 is 9.59 Å². The van der Waals surface area contributed by atoms with Crippen LogP contribution in [-0.4, -0.2) is 22.8 Å². The third-order valence-corrected chi connectivity index (χ3v) is 4.24. The smallest absolute Gasteiger partial charge is 0.220 e. The maximum atomic E-state index is 12.2. The predicted octanol–water partition coefficient (Wildman–Crippen LogP) is 2.09. The molecule has 1 amide bonds. The van der Waals surface area contributed by atoms with Crippen molar-refractivity contribution in [2.24, 2.45) is 5.41 Å². The predicted molar refractivity (Wildman–Crippen MR) is 72.1 cm³/mol. The van der Waals surface area contributed by atoms with Crippen LogP contribution in [0.25, 0.3) is 0 Å². The van der Waals surface area contributed by atoms with Crippen molar-refractivity contribution >= 4 is 11.7 Å². The van der Waals surface area contributed by atoms with Crippen molar-refractivity contribution in [2.75, 3.05) is 6.54 Å². The van der Waals surface area contributed by atoms with Gasteiger partial charge in [-0.15, -0.1) is 0 Å². The van der Waals surface area contributed by atoms with E-state index in [1.165, 1.54) is 0 Å². The van der Waals surface area contributed by atoms with Gasteiger partial charge in [-0.3, -0.25) is 9.59 Å². The number of rotatable bonds is 1. The summed E-state index contributed by atoms with van der Waals surface area (Å²) in [6, 6.07) is 2.24. The molecule has 1 aliphatic carbocycles. The number of hydrogen-bond acceptors (Lipinski definition) is 2. The third-order valence-electron chi connectivity index (χ3n) is 4.24. The van der Waals surface area contributed by atoms with E-state index in [0.717, 1.165) is 24.1 Å². The lowest BCUT2D eigenvalue weighted by Crippen LogP contribution is -2.37. The second-order valence-electron chi connectivity index (χ2n) is 6.52. The average molecular weight is 260 g/mol. The summed E-state index contributed by atoms with van der Waals surface area (Å²) in [5.41, 5.74) is 2.08. The van der Waals surface area contributed by atoms with Gasteiger partial charge in [0, 0.05) is 36.8 Å². The molecule has 0 saturated carbocycles. The first kappa shape index (κ1) is 12.5. The van der Waals surface area contributed by atoms with E-state index in [4.69, 9.17) is 0 Å². The quantitative estimate of drug-likeness (QED) is 0.840. The van der Waals surface area contributed by atoms with E-state index in [2.05, 4.69) is 23.7 Å². The van der Waals surface area contributed by atoms with Crippen molar-refractivity contribution in [3.8, 4) is 0 Å². The van der Waals surface area contributed by atoms with Gasteiger partial charge < -0.3 is 9.88 Å². The maximum Gasteiger partial charge on any atom is 0.220 e.